The summed E-state index contributed by atoms with van der Waals surface area (Å²) in [5.74, 6) is 0. The Bertz CT molecular complexity index is 295. The Morgan fingerprint density at radius 3 is 2.44 bits per heavy atom. The third-order valence-electron chi connectivity index (χ3n) is 3.75. The smallest absolute Gasteiger partial charge is 0.320 e. The lowest BCUT2D eigenvalue weighted by molar-refractivity contribution is 0.0897. The van der Waals surface area contributed by atoms with Crippen molar-refractivity contribution in [1.82, 2.24) is 14.7 Å². The van der Waals surface area contributed by atoms with Gasteiger partial charge in [-0.15, -0.1) is 0 Å². The van der Waals surface area contributed by atoms with Gasteiger partial charge in [0.15, 0.2) is 0 Å². The Morgan fingerprint density at radius 2 is 1.89 bits per heavy atom. The van der Waals surface area contributed by atoms with Gasteiger partial charge >= 0.3 is 6.03 Å². The second-order valence-electron chi connectivity index (χ2n) is 5.12. The van der Waals surface area contributed by atoms with Crippen molar-refractivity contribution in [3.63, 3.8) is 0 Å². The monoisotopic (exact) mass is 275 g/mol. The lowest BCUT2D eigenvalue weighted by atomic mass is 10.1. The molecule has 2 saturated heterocycles. The van der Waals surface area contributed by atoms with Crippen LogP contribution in [0.2, 0.25) is 0 Å². The standard InChI is InChI=1S/C12H22FN3OS/c1-10(18)14-5-7-15(8-6-14)12(17)16-4-2-3-11(13)9-16/h10-11,18H,2-9H2,1H3. The highest BCUT2D eigenvalue weighted by Gasteiger charge is 2.29. The quantitative estimate of drug-likeness (QED) is 0.733. The molecule has 0 aliphatic carbocycles. The summed E-state index contributed by atoms with van der Waals surface area (Å²) in [5, 5.41) is 0.229. The number of carbonyl (C=O) groups excluding carboxylic acids is 1. The van der Waals surface area contributed by atoms with Gasteiger partial charge in [-0.1, -0.05) is 0 Å². The number of carbonyl (C=O) groups is 1. The van der Waals surface area contributed by atoms with Crippen LogP contribution >= 0.6 is 12.6 Å². The maximum atomic E-state index is 13.3. The molecule has 2 fully saturated rings. The lowest BCUT2D eigenvalue weighted by Gasteiger charge is -2.40. The normalized spacial score (nSPS) is 28.3. The zero-order chi connectivity index (χ0) is 13.1. The van der Waals surface area contributed by atoms with E-state index in [1.165, 1.54) is 0 Å². The minimum Gasteiger partial charge on any atom is -0.322 e. The summed E-state index contributed by atoms with van der Waals surface area (Å²) in [5.41, 5.74) is 0. The van der Waals surface area contributed by atoms with Crippen LogP contribution in [0.4, 0.5) is 9.18 Å². The highest BCUT2D eigenvalue weighted by molar-refractivity contribution is 7.80. The third kappa shape index (κ3) is 3.29. The van der Waals surface area contributed by atoms with Crippen LogP contribution in [0.3, 0.4) is 0 Å². The van der Waals surface area contributed by atoms with Crippen LogP contribution in [0.5, 0.6) is 0 Å². The number of piperidine rings is 1. The predicted molar refractivity (Wildman–Crippen MR) is 72.7 cm³/mol. The molecule has 0 N–H and O–H groups in total. The highest BCUT2D eigenvalue weighted by Crippen LogP contribution is 2.16. The van der Waals surface area contributed by atoms with E-state index >= 15 is 0 Å². The van der Waals surface area contributed by atoms with Crippen LogP contribution in [0.25, 0.3) is 0 Å². The lowest BCUT2D eigenvalue weighted by Crippen LogP contribution is -2.55. The van der Waals surface area contributed by atoms with Crippen molar-refractivity contribution in [3.05, 3.63) is 0 Å². The minimum absolute atomic E-state index is 0.00353. The van der Waals surface area contributed by atoms with Gasteiger partial charge in [0.1, 0.15) is 6.17 Å². The van der Waals surface area contributed by atoms with Crippen LogP contribution in [-0.4, -0.2) is 71.5 Å². The van der Waals surface area contributed by atoms with Crippen molar-refractivity contribution >= 4 is 18.7 Å². The first-order chi connectivity index (χ1) is 8.58. The molecule has 0 saturated carbocycles. The van der Waals surface area contributed by atoms with Gasteiger partial charge in [0.25, 0.3) is 0 Å². The van der Waals surface area contributed by atoms with Crippen molar-refractivity contribution in [2.45, 2.75) is 31.3 Å². The number of thiol groups is 1. The van der Waals surface area contributed by atoms with Gasteiger partial charge in [-0.2, -0.15) is 12.6 Å². The Balaban J connectivity index is 1.83. The molecule has 0 radical (unpaired) electrons. The van der Waals surface area contributed by atoms with Crippen LogP contribution < -0.4 is 0 Å². The molecule has 4 nitrogen and oxygen atoms in total. The first kappa shape index (κ1) is 13.9. The molecule has 2 aliphatic rings. The first-order valence-electron chi connectivity index (χ1n) is 6.68. The van der Waals surface area contributed by atoms with Crippen LogP contribution in [0.1, 0.15) is 19.8 Å². The molecule has 2 aliphatic heterocycles. The molecule has 0 aromatic rings. The summed E-state index contributed by atoms with van der Waals surface area (Å²) in [6, 6.07) is 0.00353. The number of nitrogens with zero attached hydrogens (tertiary/aromatic N) is 3. The van der Waals surface area contributed by atoms with Crippen molar-refractivity contribution in [3.8, 4) is 0 Å². The van der Waals surface area contributed by atoms with Crippen LogP contribution in [0.15, 0.2) is 0 Å². The topological polar surface area (TPSA) is 26.8 Å². The van der Waals surface area contributed by atoms with E-state index in [1.54, 1.807) is 4.90 Å². The molecule has 18 heavy (non-hydrogen) atoms. The van der Waals surface area contributed by atoms with E-state index in [4.69, 9.17) is 0 Å². The van der Waals surface area contributed by atoms with E-state index in [2.05, 4.69) is 17.5 Å². The molecule has 0 aromatic carbocycles. The van der Waals surface area contributed by atoms with E-state index in [-0.39, 0.29) is 17.9 Å². The Morgan fingerprint density at radius 1 is 1.22 bits per heavy atom. The molecule has 2 heterocycles. The zero-order valence-corrected chi connectivity index (χ0v) is 11.8. The second kappa shape index (κ2) is 6.10. The summed E-state index contributed by atoms with van der Waals surface area (Å²) in [7, 11) is 0. The molecular formula is C12H22FN3OS. The number of hydrogen-bond acceptors (Lipinski definition) is 3. The fraction of sp³-hybridized carbons (Fsp3) is 0.917. The second-order valence-corrected chi connectivity index (χ2v) is 5.87. The molecular weight excluding hydrogens is 253 g/mol. The van der Waals surface area contributed by atoms with Crippen molar-refractivity contribution < 1.29 is 9.18 Å². The highest BCUT2D eigenvalue weighted by atomic mass is 32.1. The van der Waals surface area contributed by atoms with Crippen LogP contribution in [-0.2, 0) is 0 Å². The van der Waals surface area contributed by atoms with E-state index in [1.807, 2.05) is 11.8 Å². The fourth-order valence-corrected chi connectivity index (χ4v) is 2.82. The van der Waals surface area contributed by atoms with Crippen molar-refractivity contribution in [2.24, 2.45) is 0 Å². The van der Waals surface area contributed by atoms with Crippen LogP contribution in [0, 0.1) is 0 Å². The largest absolute Gasteiger partial charge is 0.322 e. The predicted octanol–water partition coefficient (Wildman–Crippen LogP) is 1.43. The van der Waals surface area contributed by atoms with Gasteiger partial charge in [-0.3, -0.25) is 4.90 Å². The van der Waals surface area contributed by atoms with Gasteiger partial charge in [0.2, 0.25) is 0 Å². The van der Waals surface area contributed by atoms with Gasteiger partial charge in [-0.25, -0.2) is 9.18 Å². The number of amides is 2. The molecule has 6 heteroatoms. The maximum absolute atomic E-state index is 13.3. The Hall–Kier alpha value is -0.490. The molecule has 2 unspecified atom stereocenters. The maximum Gasteiger partial charge on any atom is 0.320 e. The molecule has 2 amide bonds. The summed E-state index contributed by atoms with van der Waals surface area (Å²) in [4.78, 5) is 18.0. The molecule has 0 aromatic heterocycles. The molecule has 0 spiro atoms. The van der Waals surface area contributed by atoms with E-state index < -0.39 is 6.17 Å². The SMILES string of the molecule is CC(S)N1CCN(C(=O)N2CCCC(F)C2)CC1. The average Bonchev–Trinajstić information content (AvgIpc) is 2.38. The number of halogens is 1. The third-order valence-corrected chi connectivity index (χ3v) is 4.07. The number of alkyl halides is 1. The Kier molecular flexibility index (Phi) is 4.72. The summed E-state index contributed by atoms with van der Waals surface area (Å²) >= 11 is 4.40. The minimum atomic E-state index is -0.846. The number of likely N-dealkylation sites (tertiary alicyclic amines) is 1. The molecule has 2 atom stereocenters. The average molecular weight is 275 g/mol. The van der Waals surface area contributed by atoms with Gasteiger partial charge < -0.3 is 9.80 Å². The molecule has 2 rings (SSSR count). The molecule has 0 bridgehead atoms. The van der Waals surface area contributed by atoms with E-state index in [0.29, 0.717) is 13.0 Å². The van der Waals surface area contributed by atoms with Gasteiger partial charge in [0, 0.05) is 32.7 Å². The number of hydrogen-bond donors (Lipinski definition) is 1. The van der Waals surface area contributed by atoms with Crippen molar-refractivity contribution in [1.29, 1.82) is 0 Å². The first-order valence-corrected chi connectivity index (χ1v) is 7.19. The van der Waals surface area contributed by atoms with E-state index in [0.717, 1.165) is 32.6 Å². The Labute approximate surface area is 114 Å². The summed E-state index contributed by atoms with van der Waals surface area (Å²) < 4.78 is 13.3. The van der Waals surface area contributed by atoms with Gasteiger partial charge in [-0.05, 0) is 19.8 Å². The number of rotatable bonds is 1. The van der Waals surface area contributed by atoms with Crippen molar-refractivity contribution in [2.75, 3.05) is 39.3 Å². The summed E-state index contributed by atoms with van der Waals surface area (Å²) in [6.45, 7) is 6.14. The number of urea groups is 1. The zero-order valence-electron chi connectivity index (χ0n) is 10.9. The van der Waals surface area contributed by atoms with E-state index in [9.17, 15) is 9.18 Å². The van der Waals surface area contributed by atoms with Gasteiger partial charge in [0.05, 0.1) is 11.9 Å². The molecule has 104 valence electrons. The summed E-state index contributed by atoms with van der Waals surface area (Å²) in [6.07, 6.45) is 0.524. The number of piperazine rings is 1. The fourth-order valence-electron chi connectivity index (χ4n) is 2.59.